The van der Waals surface area contributed by atoms with E-state index in [0.717, 1.165) is 16.5 Å². The fraction of sp³-hybridized carbons (Fsp3) is 0.545. The quantitative estimate of drug-likeness (QED) is 0.790. The molecule has 4 rings (SSSR count). The molecular weight excluding hydrogens is 210 g/mol. The zero-order valence-corrected chi connectivity index (χ0v) is 9.34. The third-order valence-corrected chi connectivity index (χ3v) is 4.53. The van der Waals surface area contributed by atoms with E-state index in [1.807, 2.05) is 12.1 Å². The predicted molar refractivity (Wildman–Crippen MR) is 58.6 cm³/mol. The van der Waals surface area contributed by atoms with Crippen molar-refractivity contribution in [2.45, 2.75) is 12.5 Å². The van der Waals surface area contributed by atoms with Crippen LogP contribution < -0.4 is 10.1 Å². The minimum absolute atomic E-state index is 0.230. The van der Waals surface area contributed by atoms with E-state index < -0.39 is 0 Å². The summed E-state index contributed by atoms with van der Waals surface area (Å²) in [7, 11) is 1.63. The Hall–Kier alpha value is -0.870. The van der Waals surface area contributed by atoms with Crippen molar-refractivity contribution in [1.82, 2.24) is 5.32 Å². The maximum Gasteiger partial charge on any atom is 0.177 e. The summed E-state index contributed by atoms with van der Waals surface area (Å²) >= 11 is 1.45. The highest BCUT2D eigenvalue weighted by molar-refractivity contribution is 7.15. The Morgan fingerprint density at radius 2 is 2.47 bits per heavy atom. The summed E-state index contributed by atoms with van der Waals surface area (Å²) in [5, 5.41) is 4.19. The molecule has 3 heterocycles. The summed E-state index contributed by atoms with van der Waals surface area (Å²) in [5.41, 5.74) is 0. The van der Waals surface area contributed by atoms with Crippen LogP contribution in [0.4, 0.5) is 0 Å². The molecule has 0 aromatic carbocycles. The Balaban J connectivity index is 1.79. The molecule has 15 heavy (non-hydrogen) atoms. The molecule has 2 saturated heterocycles. The molecule has 1 aromatic heterocycles. The summed E-state index contributed by atoms with van der Waals surface area (Å²) < 4.78 is 5.10. The third kappa shape index (κ3) is 1.32. The zero-order valence-electron chi connectivity index (χ0n) is 8.53. The van der Waals surface area contributed by atoms with Crippen molar-refractivity contribution in [3.8, 4) is 5.06 Å². The monoisotopic (exact) mass is 223 g/mol. The normalized spacial score (nSPS) is 32.5. The Morgan fingerprint density at radius 3 is 3.00 bits per heavy atom. The number of methoxy groups -OCH3 is 1. The standard InChI is InChI=1S/C11H13NO2S/c1-14-9-3-2-8(15-9)11(13)10-6-4-7(10)12-5-6/h2-3,6-7,10,12H,4-5H2,1H3. The number of Topliss-reactive ketones (excluding diaryl/α,β-unsaturated/α-hetero) is 1. The van der Waals surface area contributed by atoms with Crippen molar-refractivity contribution >= 4 is 17.1 Å². The van der Waals surface area contributed by atoms with Crippen molar-refractivity contribution < 1.29 is 9.53 Å². The Labute approximate surface area is 92.4 Å². The molecule has 1 aromatic rings. The van der Waals surface area contributed by atoms with E-state index in [4.69, 9.17) is 4.74 Å². The average molecular weight is 223 g/mol. The number of ketones is 1. The maximum absolute atomic E-state index is 12.1. The second kappa shape index (κ2) is 3.32. The van der Waals surface area contributed by atoms with E-state index in [2.05, 4.69) is 5.32 Å². The lowest BCUT2D eigenvalue weighted by Gasteiger charge is -2.32. The van der Waals surface area contributed by atoms with Crippen LogP contribution in [0.1, 0.15) is 16.1 Å². The molecular formula is C11H13NO2S. The number of carbonyl (C=O) groups is 1. The highest BCUT2D eigenvalue weighted by atomic mass is 32.1. The largest absolute Gasteiger partial charge is 0.487 e. The molecule has 3 fully saturated rings. The molecule has 3 atom stereocenters. The number of ether oxygens (including phenoxy) is 1. The van der Waals surface area contributed by atoms with Gasteiger partial charge in [0.1, 0.15) is 0 Å². The minimum Gasteiger partial charge on any atom is -0.487 e. The SMILES string of the molecule is COc1ccc(C(=O)C2C3CNC2C3)s1. The molecule has 1 saturated carbocycles. The highest BCUT2D eigenvalue weighted by Gasteiger charge is 2.50. The molecule has 2 aliphatic heterocycles. The molecule has 3 nitrogen and oxygen atoms in total. The van der Waals surface area contributed by atoms with E-state index in [9.17, 15) is 4.79 Å². The number of nitrogens with one attached hydrogen (secondary N) is 1. The van der Waals surface area contributed by atoms with Crippen LogP contribution in [0, 0.1) is 11.8 Å². The van der Waals surface area contributed by atoms with Crippen LogP contribution in [0.15, 0.2) is 12.1 Å². The van der Waals surface area contributed by atoms with Gasteiger partial charge in [-0.05, 0) is 31.0 Å². The van der Waals surface area contributed by atoms with Crippen LogP contribution in [-0.4, -0.2) is 25.5 Å². The second-order valence-corrected chi connectivity index (χ2v) is 5.27. The Bertz CT molecular complexity index is 387. The zero-order chi connectivity index (χ0) is 10.4. The number of thiophene rings is 1. The van der Waals surface area contributed by atoms with Gasteiger partial charge in [0.25, 0.3) is 0 Å². The van der Waals surface area contributed by atoms with Gasteiger partial charge in [-0.1, -0.05) is 11.3 Å². The maximum atomic E-state index is 12.1. The summed E-state index contributed by atoms with van der Waals surface area (Å²) in [6.45, 7) is 1.02. The van der Waals surface area contributed by atoms with Gasteiger partial charge >= 0.3 is 0 Å². The Kier molecular flexibility index (Phi) is 2.07. The number of rotatable bonds is 3. The van der Waals surface area contributed by atoms with Crippen LogP contribution in [-0.2, 0) is 0 Å². The molecule has 0 amide bonds. The predicted octanol–water partition coefficient (Wildman–Crippen LogP) is 1.55. The number of hydrogen-bond donors (Lipinski definition) is 1. The first kappa shape index (κ1) is 9.36. The van der Waals surface area contributed by atoms with Crippen LogP contribution in [0.5, 0.6) is 5.06 Å². The van der Waals surface area contributed by atoms with Gasteiger partial charge in [0.2, 0.25) is 0 Å². The van der Waals surface area contributed by atoms with Gasteiger partial charge in [0.05, 0.1) is 12.0 Å². The number of carbonyl (C=O) groups excluding carboxylic acids is 1. The molecule has 3 unspecified atom stereocenters. The fourth-order valence-electron chi connectivity index (χ4n) is 2.60. The van der Waals surface area contributed by atoms with Crippen LogP contribution in [0.2, 0.25) is 0 Å². The van der Waals surface area contributed by atoms with E-state index >= 15 is 0 Å². The van der Waals surface area contributed by atoms with Crippen LogP contribution in [0.3, 0.4) is 0 Å². The summed E-state index contributed by atoms with van der Waals surface area (Å²) in [4.78, 5) is 13.0. The van der Waals surface area contributed by atoms with Gasteiger partial charge < -0.3 is 10.1 Å². The summed E-state index contributed by atoms with van der Waals surface area (Å²) in [6, 6.07) is 4.19. The number of hydrogen-bond acceptors (Lipinski definition) is 4. The van der Waals surface area contributed by atoms with E-state index in [0.29, 0.717) is 17.7 Å². The van der Waals surface area contributed by atoms with Gasteiger partial charge in [-0.2, -0.15) is 0 Å². The van der Waals surface area contributed by atoms with Crippen molar-refractivity contribution in [2.75, 3.05) is 13.7 Å². The molecule has 2 bridgehead atoms. The van der Waals surface area contributed by atoms with Gasteiger partial charge in [-0.15, -0.1) is 0 Å². The average Bonchev–Trinajstić information content (AvgIpc) is 2.93. The van der Waals surface area contributed by atoms with Gasteiger partial charge in [-0.3, -0.25) is 4.79 Å². The molecule has 80 valence electrons. The van der Waals surface area contributed by atoms with E-state index in [-0.39, 0.29) is 5.92 Å². The molecule has 1 N–H and O–H groups in total. The van der Waals surface area contributed by atoms with Crippen LogP contribution >= 0.6 is 11.3 Å². The van der Waals surface area contributed by atoms with Crippen LogP contribution in [0.25, 0.3) is 0 Å². The van der Waals surface area contributed by atoms with E-state index in [1.54, 1.807) is 7.11 Å². The smallest absolute Gasteiger partial charge is 0.177 e. The molecule has 3 aliphatic rings. The lowest BCUT2D eigenvalue weighted by Crippen LogP contribution is -2.42. The summed E-state index contributed by atoms with van der Waals surface area (Å²) in [6.07, 6.45) is 1.18. The second-order valence-electron chi connectivity index (χ2n) is 4.22. The highest BCUT2D eigenvalue weighted by Crippen LogP contribution is 2.43. The van der Waals surface area contributed by atoms with Gasteiger partial charge in [0, 0.05) is 12.0 Å². The Morgan fingerprint density at radius 1 is 1.60 bits per heavy atom. The van der Waals surface area contributed by atoms with E-state index in [1.165, 1.54) is 17.8 Å². The molecule has 0 radical (unpaired) electrons. The van der Waals surface area contributed by atoms with Gasteiger partial charge in [-0.25, -0.2) is 0 Å². The molecule has 1 aliphatic carbocycles. The number of fused-ring (bicyclic) bond motifs is 1. The fourth-order valence-corrected chi connectivity index (χ4v) is 3.41. The van der Waals surface area contributed by atoms with Crippen molar-refractivity contribution in [2.24, 2.45) is 11.8 Å². The van der Waals surface area contributed by atoms with Crippen molar-refractivity contribution in [3.63, 3.8) is 0 Å². The lowest BCUT2D eigenvalue weighted by atomic mass is 9.71. The minimum atomic E-state index is 0.230. The molecule has 4 heteroatoms. The first-order valence-corrected chi connectivity index (χ1v) is 6.02. The van der Waals surface area contributed by atoms with Crippen molar-refractivity contribution in [1.29, 1.82) is 0 Å². The van der Waals surface area contributed by atoms with Gasteiger partial charge in [0.15, 0.2) is 10.8 Å². The lowest BCUT2D eigenvalue weighted by molar-refractivity contribution is 0.0789. The third-order valence-electron chi connectivity index (χ3n) is 3.47. The first-order chi connectivity index (χ1) is 7.29. The first-order valence-electron chi connectivity index (χ1n) is 5.21. The summed E-state index contributed by atoms with van der Waals surface area (Å²) in [5.74, 6) is 1.11. The van der Waals surface area contributed by atoms with Crippen molar-refractivity contribution in [3.05, 3.63) is 17.0 Å². The molecule has 0 spiro atoms. The topological polar surface area (TPSA) is 38.3 Å².